The number of carbonyl (C=O) groups is 2. The molecular weight excluding hydrogens is 405 g/mol. The summed E-state index contributed by atoms with van der Waals surface area (Å²) in [4.78, 5) is 27.4. The van der Waals surface area contributed by atoms with Gasteiger partial charge in [0.2, 0.25) is 5.82 Å². The van der Waals surface area contributed by atoms with E-state index in [1.165, 1.54) is 22.9 Å². The minimum absolute atomic E-state index is 0.00199. The van der Waals surface area contributed by atoms with E-state index >= 15 is 0 Å². The summed E-state index contributed by atoms with van der Waals surface area (Å²) in [6.07, 6.45) is -3.44. The van der Waals surface area contributed by atoms with Crippen LogP contribution in [0, 0.1) is 0 Å². The molecule has 0 aliphatic heterocycles. The number of halogens is 3. The fourth-order valence-electron chi connectivity index (χ4n) is 2.57. The maximum atomic E-state index is 12.2. The summed E-state index contributed by atoms with van der Waals surface area (Å²) < 4.78 is 41.6. The average molecular weight is 420 g/mol. The molecule has 1 aromatic heterocycles. The lowest BCUT2D eigenvalue weighted by atomic mass is 10.2. The molecule has 0 fully saturated rings. The fourth-order valence-corrected chi connectivity index (χ4v) is 2.57. The first-order valence-corrected chi connectivity index (χ1v) is 8.48. The number of ether oxygens (including phenoxy) is 1. The van der Waals surface area contributed by atoms with E-state index in [-0.39, 0.29) is 23.9 Å². The van der Waals surface area contributed by atoms with Crippen LogP contribution < -0.4 is 15.4 Å². The number of hydrogen-bond acceptors (Lipinski definition) is 4. The van der Waals surface area contributed by atoms with Gasteiger partial charge in [0.05, 0.1) is 0 Å². The van der Waals surface area contributed by atoms with Crippen LogP contribution in [0.5, 0.6) is 5.75 Å². The van der Waals surface area contributed by atoms with Crippen molar-refractivity contribution in [3.63, 3.8) is 0 Å². The van der Waals surface area contributed by atoms with Crippen LogP contribution in [0.1, 0.15) is 16.2 Å². The topological polar surface area (TPSA) is 105 Å². The standard InChI is InChI=1S/C19H15F3N4O4/c20-19(21,22)30-14-8-6-13(7-9-14)23-18(29)25-15-11-26(16(24-15)17(27)28)10-12-4-2-1-3-5-12/h1-9,11H,10H2,(H,27,28)(H2,23,25,29). The van der Waals surface area contributed by atoms with Gasteiger partial charge in [0.15, 0.2) is 5.82 Å². The second kappa shape index (κ2) is 8.55. The van der Waals surface area contributed by atoms with Crippen LogP contribution in [0.3, 0.4) is 0 Å². The van der Waals surface area contributed by atoms with E-state index in [0.29, 0.717) is 0 Å². The van der Waals surface area contributed by atoms with Gasteiger partial charge in [-0.25, -0.2) is 14.6 Å². The highest BCUT2D eigenvalue weighted by Gasteiger charge is 2.31. The molecule has 0 spiro atoms. The Hall–Kier alpha value is -4.02. The summed E-state index contributed by atoms with van der Waals surface area (Å²) >= 11 is 0. The third kappa shape index (κ3) is 5.74. The maximum absolute atomic E-state index is 12.2. The van der Waals surface area contributed by atoms with E-state index in [2.05, 4.69) is 20.4 Å². The predicted octanol–water partition coefficient (Wildman–Crippen LogP) is 4.17. The predicted molar refractivity (Wildman–Crippen MR) is 100 cm³/mol. The van der Waals surface area contributed by atoms with E-state index in [1.807, 2.05) is 30.3 Å². The van der Waals surface area contributed by atoms with Gasteiger partial charge >= 0.3 is 18.4 Å². The highest BCUT2D eigenvalue weighted by Crippen LogP contribution is 2.24. The van der Waals surface area contributed by atoms with E-state index < -0.39 is 24.1 Å². The lowest BCUT2D eigenvalue weighted by Gasteiger charge is -2.10. The zero-order valence-corrected chi connectivity index (χ0v) is 15.2. The molecule has 156 valence electrons. The molecule has 0 aliphatic carbocycles. The number of benzene rings is 2. The zero-order chi connectivity index (χ0) is 21.7. The van der Waals surface area contributed by atoms with Crippen molar-refractivity contribution in [3.8, 4) is 5.75 Å². The van der Waals surface area contributed by atoms with Crippen molar-refractivity contribution < 1.29 is 32.6 Å². The molecule has 8 nitrogen and oxygen atoms in total. The summed E-state index contributed by atoms with van der Waals surface area (Å²) in [5.74, 6) is -1.96. The SMILES string of the molecule is O=C(Nc1ccc(OC(F)(F)F)cc1)Nc1cn(Cc2ccccc2)c(C(=O)O)n1. The van der Waals surface area contributed by atoms with Crippen LogP contribution >= 0.6 is 0 Å². The summed E-state index contributed by atoms with van der Waals surface area (Å²) in [6.45, 7) is 0.236. The number of nitrogens with one attached hydrogen (secondary N) is 2. The number of amides is 2. The average Bonchev–Trinajstić information content (AvgIpc) is 3.05. The van der Waals surface area contributed by atoms with Crippen LogP contribution in [-0.4, -0.2) is 33.0 Å². The molecule has 0 saturated carbocycles. The third-order valence-corrected chi connectivity index (χ3v) is 3.75. The van der Waals surface area contributed by atoms with E-state index in [1.54, 1.807) is 0 Å². The van der Waals surface area contributed by atoms with Crippen molar-refractivity contribution in [2.24, 2.45) is 0 Å². The molecule has 1 heterocycles. The normalized spacial score (nSPS) is 11.0. The summed E-state index contributed by atoms with van der Waals surface area (Å²) in [5, 5.41) is 14.1. The first-order chi connectivity index (χ1) is 14.2. The zero-order valence-electron chi connectivity index (χ0n) is 15.2. The molecule has 30 heavy (non-hydrogen) atoms. The Morgan fingerprint density at radius 3 is 2.30 bits per heavy atom. The van der Waals surface area contributed by atoms with E-state index in [9.17, 15) is 27.9 Å². The molecule has 3 rings (SSSR count). The lowest BCUT2D eigenvalue weighted by Crippen LogP contribution is -2.20. The van der Waals surface area contributed by atoms with E-state index in [0.717, 1.165) is 17.7 Å². The monoisotopic (exact) mass is 420 g/mol. The van der Waals surface area contributed by atoms with Crippen LogP contribution in [0.25, 0.3) is 0 Å². The molecule has 0 aliphatic rings. The van der Waals surface area contributed by atoms with Gasteiger partial charge in [-0.15, -0.1) is 13.2 Å². The van der Waals surface area contributed by atoms with Gasteiger partial charge in [-0.3, -0.25) is 5.32 Å². The Labute approximate surface area is 167 Å². The number of carboxylic acid groups (broad SMARTS) is 1. The fraction of sp³-hybridized carbons (Fsp3) is 0.105. The third-order valence-electron chi connectivity index (χ3n) is 3.75. The number of urea groups is 1. The summed E-state index contributed by atoms with van der Waals surface area (Å²) in [6, 6.07) is 12.9. The van der Waals surface area contributed by atoms with Crippen molar-refractivity contribution >= 4 is 23.5 Å². The number of imidazole rings is 1. The number of rotatable bonds is 6. The number of carboxylic acids is 1. The van der Waals surface area contributed by atoms with Gasteiger partial charge < -0.3 is 19.7 Å². The van der Waals surface area contributed by atoms with Crippen molar-refractivity contribution in [2.75, 3.05) is 10.6 Å². The van der Waals surface area contributed by atoms with Gasteiger partial charge in [0.1, 0.15) is 5.75 Å². The number of carbonyl (C=O) groups excluding carboxylic acids is 1. The number of alkyl halides is 3. The molecule has 2 amide bonds. The van der Waals surface area contributed by atoms with Crippen molar-refractivity contribution in [3.05, 3.63) is 72.2 Å². The molecule has 0 radical (unpaired) electrons. The Morgan fingerprint density at radius 2 is 1.70 bits per heavy atom. The van der Waals surface area contributed by atoms with Crippen molar-refractivity contribution in [1.82, 2.24) is 9.55 Å². The molecule has 0 saturated heterocycles. The Bertz CT molecular complexity index is 1030. The van der Waals surface area contributed by atoms with Crippen LogP contribution in [0.15, 0.2) is 60.8 Å². The Balaban J connectivity index is 1.66. The summed E-state index contributed by atoms with van der Waals surface area (Å²) in [5.41, 5.74) is 1.04. The van der Waals surface area contributed by atoms with Gasteiger partial charge in [0, 0.05) is 18.4 Å². The van der Waals surface area contributed by atoms with Crippen molar-refractivity contribution in [2.45, 2.75) is 12.9 Å². The Morgan fingerprint density at radius 1 is 1.03 bits per heavy atom. The number of aromatic nitrogens is 2. The van der Waals surface area contributed by atoms with Gasteiger partial charge in [-0.05, 0) is 29.8 Å². The van der Waals surface area contributed by atoms with Crippen LogP contribution in [-0.2, 0) is 6.54 Å². The molecule has 2 aromatic carbocycles. The molecule has 0 atom stereocenters. The molecule has 3 aromatic rings. The smallest absolute Gasteiger partial charge is 0.475 e. The quantitative estimate of drug-likeness (QED) is 0.555. The van der Waals surface area contributed by atoms with Gasteiger partial charge in [0.25, 0.3) is 0 Å². The second-order valence-electron chi connectivity index (χ2n) is 6.02. The first kappa shape index (κ1) is 20.7. The first-order valence-electron chi connectivity index (χ1n) is 8.48. The second-order valence-corrected chi connectivity index (χ2v) is 6.02. The number of aromatic carboxylic acids is 1. The largest absolute Gasteiger partial charge is 0.573 e. The van der Waals surface area contributed by atoms with Crippen molar-refractivity contribution in [1.29, 1.82) is 0 Å². The Kier molecular flexibility index (Phi) is 5.90. The maximum Gasteiger partial charge on any atom is 0.573 e. The molecule has 0 bridgehead atoms. The minimum atomic E-state index is -4.81. The van der Waals surface area contributed by atoms with Gasteiger partial charge in [-0.2, -0.15) is 0 Å². The molecular formula is C19H15F3N4O4. The number of nitrogens with zero attached hydrogens (tertiary/aromatic N) is 2. The highest BCUT2D eigenvalue weighted by atomic mass is 19.4. The highest BCUT2D eigenvalue weighted by molar-refractivity contribution is 5.99. The van der Waals surface area contributed by atoms with Crippen LogP contribution in [0.2, 0.25) is 0 Å². The minimum Gasteiger partial charge on any atom is -0.475 e. The van der Waals surface area contributed by atoms with Crippen LogP contribution in [0.4, 0.5) is 29.5 Å². The lowest BCUT2D eigenvalue weighted by molar-refractivity contribution is -0.274. The number of anilines is 2. The summed E-state index contributed by atoms with van der Waals surface area (Å²) in [7, 11) is 0. The van der Waals surface area contributed by atoms with Gasteiger partial charge in [-0.1, -0.05) is 30.3 Å². The molecule has 0 unspecified atom stereocenters. The van der Waals surface area contributed by atoms with E-state index in [4.69, 9.17) is 0 Å². The molecule has 11 heteroatoms. The molecule has 3 N–H and O–H groups in total. The number of hydrogen-bond donors (Lipinski definition) is 3.